The number of thiocarbonyl (C=S) groups is 2. The highest BCUT2D eigenvalue weighted by atomic mass is 32.1. The highest BCUT2D eigenvalue weighted by molar-refractivity contribution is 7.80. The molecule has 0 saturated carbocycles. The summed E-state index contributed by atoms with van der Waals surface area (Å²) in [4.78, 5) is 2.14. The van der Waals surface area contributed by atoms with Crippen LogP contribution in [0.4, 0.5) is 0 Å². The van der Waals surface area contributed by atoms with Crippen LogP contribution in [0.15, 0.2) is 0 Å². The lowest BCUT2D eigenvalue weighted by Gasteiger charge is -2.20. The van der Waals surface area contributed by atoms with Crippen LogP contribution in [0.25, 0.3) is 0 Å². The second-order valence-corrected chi connectivity index (χ2v) is 3.90. The Bertz CT molecular complexity index is 213. The van der Waals surface area contributed by atoms with Gasteiger partial charge in [-0.1, -0.05) is 0 Å². The molecule has 6 heteroatoms. The van der Waals surface area contributed by atoms with Gasteiger partial charge in [0.1, 0.15) is 0 Å². The molecule has 1 heterocycles. The van der Waals surface area contributed by atoms with Crippen molar-refractivity contribution in [3.63, 3.8) is 0 Å². The lowest BCUT2D eigenvalue weighted by atomic mass is 10.4. The molecule has 14 heavy (non-hydrogen) atoms. The SMILES string of the molecule is CCNC(=S)NNC(=S)N1CCCC1. The van der Waals surface area contributed by atoms with Crippen LogP contribution in [0.1, 0.15) is 19.8 Å². The first kappa shape index (κ1) is 11.5. The molecule has 0 spiro atoms. The summed E-state index contributed by atoms with van der Waals surface area (Å²) < 4.78 is 0. The van der Waals surface area contributed by atoms with Gasteiger partial charge in [0, 0.05) is 19.6 Å². The zero-order chi connectivity index (χ0) is 10.4. The van der Waals surface area contributed by atoms with Crippen LogP contribution in [-0.4, -0.2) is 34.8 Å². The third-order valence-electron chi connectivity index (χ3n) is 2.01. The second kappa shape index (κ2) is 5.98. The Kier molecular flexibility index (Phi) is 4.89. The van der Waals surface area contributed by atoms with Crippen molar-refractivity contribution in [2.45, 2.75) is 19.8 Å². The van der Waals surface area contributed by atoms with E-state index in [1.165, 1.54) is 12.8 Å². The van der Waals surface area contributed by atoms with Gasteiger partial charge in [-0.15, -0.1) is 0 Å². The smallest absolute Gasteiger partial charge is 0.187 e. The number of hydrazine groups is 1. The van der Waals surface area contributed by atoms with Crippen LogP contribution in [0.2, 0.25) is 0 Å². The summed E-state index contributed by atoms with van der Waals surface area (Å²) in [6.45, 7) is 4.89. The van der Waals surface area contributed by atoms with E-state index in [0.29, 0.717) is 5.11 Å². The number of nitrogens with zero attached hydrogens (tertiary/aromatic N) is 1. The second-order valence-electron chi connectivity index (χ2n) is 3.11. The zero-order valence-corrected chi connectivity index (χ0v) is 9.93. The molecule has 0 radical (unpaired) electrons. The minimum absolute atomic E-state index is 0.578. The maximum absolute atomic E-state index is 5.18. The first-order valence-corrected chi connectivity index (χ1v) is 5.64. The molecule has 0 amide bonds. The van der Waals surface area contributed by atoms with E-state index in [1.807, 2.05) is 6.92 Å². The largest absolute Gasteiger partial charge is 0.362 e. The fraction of sp³-hybridized carbons (Fsp3) is 0.750. The summed E-state index contributed by atoms with van der Waals surface area (Å²) in [6, 6.07) is 0. The molecule has 1 aliphatic heterocycles. The standard InChI is InChI=1S/C8H16N4S2/c1-2-9-7(13)10-11-8(14)12-5-3-4-6-12/h2-6H2,1H3,(H,11,14)(H2,9,10,13). The molecule has 0 bridgehead atoms. The fourth-order valence-electron chi connectivity index (χ4n) is 1.31. The topological polar surface area (TPSA) is 39.3 Å². The Morgan fingerprint density at radius 1 is 1.21 bits per heavy atom. The Labute approximate surface area is 95.4 Å². The maximum Gasteiger partial charge on any atom is 0.187 e. The first-order chi connectivity index (χ1) is 6.74. The molecular weight excluding hydrogens is 216 g/mol. The minimum Gasteiger partial charge on any atom is -0.362 e. The number of nitrogens with one attached hydrogen (secondary N) is 3. The highest BCUT2D eigenvalue weighted by Crippen LogP contribution is 2.06. The minimum atomic E-state index is 0.578. The van der Waals surface area contributed by atoms with E-state index in [0.717, 1.165) is 24.7 Å². The van der Waals surface area contributed by atoms with E-state index in [9.17, 15) is 0 Å². The molecule has 0 atom stereocenters. The van der Waals surface area contributed by atoms with E-state index < -0.39 is 0 Å². The molecule has 0 aromatic carbocycles. The van der Waals surface area contributed by atoms with E-state index in [-0.39, 0.29) is 0 Å². The quantitative estimate of drug-likeness (QED) is 0.448. The van der Waals surface area contributed by atoms with Crippen molar-refractivity contribution in [1.82, 2.24) is 21.1 Å². The average Bonchev–Trinajstić information content (AvgIpc) is 2.67. The first-order valence-electron chi connectivity index (χ1n) is 4.82. The van der Waals surface area contributed by atoms with Crippen LogP contribution in [-0.2, 0) is 0 Å². The van der Waals surface area contributed by atoms with Gasteiger partial charge in [-0.3, -0.25) is 10.9 Å². The van der Waals surface area contributed by atoms with E-state index in [4.69, 9.17) is 24.4 Å². The normalized spacial score (nSPS) is 15.1. The van der Waals surface area contributed by atoms with Gasteiger partial charge in [0.05, 0.1) is 0 Å². The number of hydrogen-bond acceptors (Lipinski definition) is 2. The van der Waals surface area contributed by atoms with Crippen LogP contribution in [0.3, 0.4) is 0 Å². The van der Waals surface area contributed by atoms with Crippen molar-refractivity contribution < 1.29 is 0 Å². The van der Waals surface area contributed by atoms with Gasteiger partial charge in [-0.25, -0.2) is 0 Å². The highest BCUT2D eigenvalue weighted by Gasteiger charge is 2.14. The fourth-order valence-corrected chi connectivity index (χ4v) is 1.74. The summed E-state index contributed by atoms with van der Waals surface area (Å²) in [5, 5.41) is 4.27. The van der Waals surface area contributed by atoms with E-state index in [1.54, 1.807) is 0 Å². The van der Waals surface area contributed by atoms with Gasteiger partial charge < -0.3 is 10.2 Å². The lowest BCUT2D eigenvalue weighted by Crippen LogP contribution is -2.50. The predicted molar refractivity (Wildman–Crippen MR) is 66.0 cm³/mol. The summed E-state index contributed by atoms with van der Waals surface area (Å²) in [7, 11) is 0. The van der Waals surface area contributed by atoms with Gasteiger partial charge in [0.15, 0.2) is 10.2 Å². The summed E-state index contributed by atoms with van der Waals surface area (Å²) >= 11 is 10.2. The third-order valence-corrected chi connectivity index (χ3v) is 2.62. The molecule has 0 unspecified atom stereocenters. The van der Waals surface area contributed by atoms with Crippen LogP contribution in [0, 0.1) is 0 Å². The molecule has 1 rings (SSSR count). The number of likely N-dealkylation sites (tertiary alicyclic amines) is 1. The Morgan fingerprint density at radius 3 is 2.43 bits per heavy atom. The van der Waals surface area contributed by atoms with E-state index in [2.05, 4.69) is 21.1 Å². The van der Waals surface area contributed by atoms with Gasteiger partial charge in [0.2, 0.25) is 0 Å². The van der Waals surface area contributed by atoms with Gasteiger partial charge in [-0.05, 0) is 44.2 Å². The predicted octanol–water partition coefficient (Wildman–Crippen LogP) is 0.356. The number of hydrogen-bond donors (Lipinski definition) is 3. The zero-order valence-electron chi connectivity index (χ0n) is 8.30. The van der Waals surface area contributed by atoms with Crippen molar-refractivity contribution in [3.05, 3.63) is 0 Å². The molecular formula is C8H16N4S2. The molecule has 1 fully saturated rings. The van der Waals surface area contributed by atoms with Gasteiger partial charge >= 0.3 is 0 Å². The van der Waals surface area contributed by atoms with Gasteiger partial charge in [0.25, 0.3) is 0 Å². The summed E-state index contributed by atoms with van der Waals surface area (Å²) in [5.41, 5.74) is 5.76. The van der Waals surface area contributed by atoms with Crippen molar-refractivity contribution in [2.24, 2.45) is 0 Å². The maximum atomic E-state index is 5.18. The lowest BCUT2D eigenvalue weighted by molar-refractivity contribution is 0.502. The third kappa shape index (κ3) is 3.63. The molecule has 3 N–H and O–H groups in total. The Balaban J connectivity index is 2.17. The van der Waals surface area contributed by atoms with Gasteiger partial charge in [-0.2, -0.15) is 0 Å². The van der Waals surface area contributed by atoms with Crippen LogP contribution < -0.4 is 16.2 Å². The van der Waals surface area contributed by atoms with E-state index >= 15 is 0 Å². The summed E-state index contributed by atoms with van der Waals surface area (Å²) in [5.74, 6) is 0. The van der Waals surface area contributed by atoms with Crippen molar-refractivity contribution >= 4 is 34.7 Å². The molecule has 0 aromatic heterocycles. The average molecular weight is 232 g/mol. The molecule has 0 aromatic rings. The molecule has 0 aliphatic carbocycles. The van der Waals surface area contributed by atoms with Crippen LogP contribution in [0.5, 0.6) is 0 Å². The Hall–Kier alpha value is -0.620. The molecule has 4 nitrogen and oxygen atoms in total. The Morgan fingerprint density at radius 2 is 1.86 bits per heavy atom. The molecule has 80 valence electrons. The molecule has 1 saturated heterocycles. The monoisotopic (exact) mass is 232 g/mol. The van der Waals surface area contributed by atoms with Crippen molar-refractivity contribution in [1.29, 1.82) is 0 Å². The van der Waals surface area contributed by atoms with Crippen LogP contribution >= 0.6 is 24.4 Å². The van der Waals surface area contributed by atoms with Crippen molar-refractivity contribution in [2.75, 3.05) is 19.6 Å². The molecule has 1 aliphatic rings. The summed E-state index contributed by atoms with van der Waals surface area (Å²) in [6.07, 6.45) is 2.44. The number of rotatable bonds is 1. The van der Waals surface area contributed by atoms with Crippen molar-refractivity contribution in [3.8, 4) is 0 Å².